The Kier molecular flexibility index (Phi) is 5.81. The molecule has 0 radical (unpaired) electrons. The van der Waals surface area contributed by atoms with Gasteiger partial charge in [0.25, 0.3) is 0 Å². The van der Waals surface area contributed by atoms with Gasteiger partial charge in [-0.2, -0.15) is 5.10 Å². The van der Waals surface area contributed by atoms with Gasteiger partial charge in [0.15, 0.2) is 0 Å². The molecule has 134 valence electrons. The van der Waals surface area contributed by atoms with E-state index >= 15 is 0 Å². The number of amides is 2. The van der Waals surface area contributed by atoms with Gasteiger partial charge in [0, 0.05) is 24.2 Å². The van der Waals surface area contributed by atoms with Crippen molar-refractivity contribution < 1.29 is 4.79 Å². The first-order valence-corrected chi connectivity index (χ1v) is 8.95. The molecule has 1 heterocycles. The highest BCUT2D eigenvalue weighted by molar-refractivity contribution is 6.30. The second-order valence-electron chi connectivity index (χ2n) is 5.74. The standard InChI is InChI=1S/C19H18Cl2N4O/c1-25-18(15-6-8-16(21)9-7-15)10-17(24-25)14-4-2-13(3-5-14)11-22-19(26)23-12-20/h2-10H,11-12H2,1H3,(H2,22,23,26). The maximum atomic E-state index is 11.4. The molecule has 5 nitrogen and oxygen atoms in total. The molecule has 2 N–H and O–H groups in total. The van der Waals surface area contributed by atoms with E-state index in [0.717, 1.165) is 28.1 Å². The Bertz CT molecular complexity index is 889. The van der Waals surface area contributed by atoms with Crippen molar-refractivity contribution in [3.8, 4) is 22.5 Å². The van der Waals surface area contributed by atoms with Gasteiger partial charge in [0.2, 0.25) is 0 Å². The van der Waals surface area contributed by atoms with Crippen LogP contribution >= 0.6 is 23.2 Å². The van der Waals surface area contributed by atoms with E-state index in [0.29, 0.717) is 11.6 Å². The van der Waals surface area contributed by atoms with Gasteiger partial charge in [-0.15, -0.1) is 11.6 Å². The molecule has 2 amide bonds. The van der Waals surface area contributed by atoms with Crippen LogP contribution in [-0.4, -0.2) is 21.8 Å². The largest absolute Gasteiger partial charge is 0.334 e. The first-order valence-electron chi connectivity index (χ1n) is 8.04. The zero-order valence-electron chi connectivity index (χ0n) is 14.2. The highest BCUT2D eigenvalue weighted by Gasteiger charge is 2.09. The average molecular weight is 389 g/mol. The minimum atomic E-state index is -0.290. The van der Waals surface area contributed by atoms with Gasteiger partial charge in [-0.3, -0.25) is 4.68 Å². The number of hydrogen-bond donors (Lipinski definition) is 2. The average Bonchev–Trinajstić information content (AvgIpc) is 3.03. The van der Waals surface area contributed by atoms with Crippen LogP contribution in [0.15, 0.2) is 54.6 Å². The summed E-state index contributed by atoms with van der Waals surface area (Å²) < 4.78 is 1.85. The van der Waals surface area contributed by atoms with Crippen molar-refractivity contribution in [1.82, 2.24) is 20.4 Å². The molecule has 0 saturated heterocycles. The lowest BCUT2D eigenvalue weighted by Gasteiger charge is -2.06. The normalized spacial score (nSPS) is 10.6. The van der Waals surface area contributed by atoms with E-state index < -0.39 is 0 Å². The first-order chi connectivity index (χ1) is 12.6. The highest BCUT2D eigenvalue weighted by Crippen LogP contribution is 2.26. The quantitative estimate of drug-likeness (QED) is 0.502. The number of rotatable bonds is 5. The van der Waals surface area contributed by atoms with Crippen LogP contribution in [-0.2, 0) is 13.6 Å². The molecule has 3 aromatic rings. The molecule has 26 heavy (non-hydrogen) atoms. The van der Waals surface area contributed by atoms with Crippen LogP contribution in [0, 0.1) is 0 Å². The third kappa shape index (κ3) is 4.36. The zero-order valence-corrected chi connectivity index (χ0v) is 15.7. The molecule has 3 rings (SSSR count). The van der Waals surface area contributed by atoms with Gasteiger partial charge in [-0.05, 0) is 29.3 Å². The predicted octanol–water partition coefficient (Wildman–Crippen LogP) is 4.40. The summed E-state index contributed by atoms with van der Waals surface area (Å²) in [6, 6.07) is 17.4. The van der Waals surface area contributed by atoms with Crippen molar-refractivity contribution in [3.63, 3.8) is 0 Å². The number of aryl methyl sites for hydroxylation is 1. The van der Waals surface area contributed by atoms with E-state index in [4.69, 9.17) is 23.2 Å². The molecule has 0 saturated carbocycles. The second kappa shape index (κ2) is 8.25. The predicted molar refractivity (Wildman–Crippen MR) is 105 cm³/mol. The number of carbonyl (C=O) groups is 1. The summed E-state index contributed by atoms with van der Waals surface area (Å²) in [7, 11) is 1.92. The number of benzene rings is 2. The number of carbonyl (C=O) groups excluding carboxylic acids is 1. The molecule has 2 aromatic carbocycles. The van der Waals surface area contributed by atoms with Crippen LogP contribution in [0.25, 0.3) is 22.5 Å². The summed E-state index contributed by atoms with van der Waals surface area (Å²) in [6.07, 6.45) is 0. The van der Waals surface area contributed by atoms with Crippen LogP contribution < -0.4 is 10.6 Å². The van der Waals surface area contributed by atoms with Crippen LogP contribution in [0.4, 0.5) is 4.79 Å². The van der Waals surface area contributed by atoms with E-state index in [1.807, 2.05) is 66.3 Å². The van der Waals surface area contributed by atoms with Crippen molar-refractivity contribution in [3.05, 3.63) is 65.2 Å². The Balaban J connectivity index is 1.74. The molecule has 0 unspecified atom stereocenters. The lowest BCUT2D eigenvalue weighted by atomic mass is 10.1. The Morgan fingerprint density at radius 3 is 2.35 bits per heavy atom. The van der Waals surface area contributed by atoms with Crippen molar-refractivity contribution in [2.24, 2.45) is 7.05 Å². The van der Waals surface area contributed by atoms with Crippen molar-refractivity contribution in [1.29, 1.82) is 0 Å². The Morgan fingerprint density at radius 1 is 1.04 bits per heavy atom. The topological polar surface area (TPSA) is 59.0 Å². The Morgan fingerprint density at radius 2 is 1.69 bits per heavy atom. The first kappa shape index (κ1) is 18.3. The van der Waals surface area contributed by atoms with Gasteiger partial charge in [-0.25, -0.2) is 4.79 Å². The lowest BCUT2D eigenvalue weighted by Crippen LogP contribution is -2.34. The van der Waals surface area contributed by atoms with Gasteiger partial charge in [-0.1, -0.05) is 48.0 Å². The zero-order chi connectivity index (χ0) is 18.5. The Hall–Kier alpha value is -2.50. The molecule has 0 aliphatic heterocycles. The smallest absolute Gasteiger partial charge is 0.316 e. The summed E-state index contributed by atoms with van der Waals surface area (Å²) in [5.41, 5.74) is 4.96. The van der Waals surface area contributed by atoms with Crippen molar-refractivity contribution >= 4 is 29.2 Å². The van der Waals surface area contributed by atoms with E-state index in [1.165, 1.54) is 0 Å². The summed E-state index contributed by atoms with van der Waals surface area (Å²) >= 11 is 11.4. The molecular formula is C19H18Cl2N4O. The van der Waals surface area contributed by atoms with Crippen LogP contribution in [0.2, 0.25) is 5.02 Å². The van der Waals surface area contributed by atoms with Crippen molar-refractivity contribution in [2.45, 2.75) is 6.54 Å². The molecular weight excluding hydrogens is 371 g/mol. The van der Waals surface area contributed by atoms with Crippen LogP contribution in [0.5, 0.6) is 0 Å². The van der Waals surface area contributed by atoms with Crippen LogP contribution in [0.1, 0.15) is 5.56 Å². The number of aromatic nitrogens is 2. The maximum absolute atomic E-state index is 11.4. The van der Waals surface area contributed by atoms with Gasteiger partial charge >= 0.3 is 6.03 Å². The summed E-state index contributed by atoms with van der Waals surface area (Å²) in [6.45, 7) is 0.432. The minimum Gasteiger partial charge on any atom is -0.334 e. The number of nitrogens with zero attached hydrogens (tertiary/aromatic N) is 2. The fraction of sp³-hybridized carbons (Fsp3) is 0.158. The fourth-order valence-electron chi connectivity index (χ4n) is 2.60. The number of nitrogens with one attached hydrogen (secondary N) is 2. The summed E-state index contributed by atoms with van der Waals surface area (Å²) in [5, 5.41) is 10.5. The highest BCUT2D eigenvalue weighted by atomic mass is 35.5. The van der Waals surface area contributed by atoms with E-state index in [2.05, 4.69) is 15.7 Å². The van der Waals surface area contributed by atoms with Gasteiger partial charge in [0.05, 0.1) is 17.4 Å². The second-order valence-corrected chi connectivity index (χ2v) is 6.44. The molecule has 0 aliphatic carbocycles. The number of urea groups is 1. The molecule has 0 spiro atoms. The molecule has 1 aromatic heterocycles. The SMILES string of the molecule is Cn1nc(-c2ccc(CNC(=O)NCCl)cc2)cc1-c1ccc(Cl)cc1. The molecule has 0 bridgehead atoms. The molecule has 0 atom stereocenters. The fourth-order valence-corrected chi connectivity index (χ4v) is 2.85. The summed E-state index contributed by atoms with van der Waals surface area (Å²) in [4.78, 5) is 11.4. The van der Waals surface area contributed by atoms with E-state index in [9.17, 15) is 4.79 Å². The lowest BCUT2D eigenvalue weighted by molar-refractivity contribution is 0.242. The number of hydrogen-bond acceptors (Lipinski definition) is 2. The molecule has 0 fully saturated rings. The third-order valence-corrected chi connectivity index (χ3v) is 4.34. The van der Waals surface area contributed by atoms with Gasteiger partial charge < -0.3 is 10.6 Å². The van der Waals surface area contributed by atoms with E-state index in [-0.39, 0.29) is 12.0 Å². The number of alkyl halides is 1. The van der Waals surface area contributed by atoms with Crippen LogP contribution in [0.3, 0.4) is 0 Å². The van der Waals surface area contributed by atoms with E-state index in [1.54, 1.807) is 0 Å². The minimum absolute atomic E-state index is 0.0837. The Labute approximate surface area is 161 Å². The third-order valence-electron chi connectivity index (χ3n) is 3.95. The number of halogens is 2. The summed E-state index contributed by atoms with van der Waals surface area (Å²) in [5.74, 6) is 0. The molecule has 0 aliphatic rings. The maximum Gasteiger partial charge on any atom is 0.316 e. The van der Waals surface area contributed by atoms with Gasteiger partial charge in [0.1, 0.15) is 0 Å². The monoisotopic (exact) mass is 388 g/mol. The molecule has 7 heteroatoms. The van der Waals surface area contributed by atoms with Crippen molar-refractivity contribution in [2.75, 3.05) is 6.00 Å².